The number of likely N-dealkylation sites (N-methyl/N-ethyl adjacent to an activating group) is 1. The summed E-state index contributed by atoms with van der Waals surface area (Å²) in [7, 11) is 0. The van der Waals surface area contributed by atoms with Crippen LogP contribution < -0.4 is 15.5 Å². The van der Waals surface area contributed by atoms with Gasteiger partial charge in [0.25, 0.3) is 5.91 Å². The summed E-state index contributed by atoms with van der Waals surface area (Å²) in [6.45, 7) is 6.14. The minimum absolute atomic E-state index is 0.136. The predicted octanol–water partition coefficient (Wildman–Crippen LogP) is -1.49. The molecule has 0 saturated carbocycles. The summed E-state index contributed by atoms with van der Waals surface area (Å²) in [6.07, 6.45) is 0. The highest BCUT2D eigenvalue weighted by atomic mass is 16.5. The van der Waals surface area contributed by atoms with Gasteiger partial charge in [-0.25, -0.2) is 4.79 Å². The van der Waals surface area contributed by atoms with Gasteiger partial charge in [0.1, 0.15) is 19.6 Å². The summed E-state index contributed by atoms with van der Waals surface area (Å²) >= 11 is 0. The largest absolute Gasteiger partial charge is 0.452 e. The molecule has 1 aliphatic rings. The fourth-order valence-corrected chi connectivity index (χ4v) is 2.59. The number of carbonyl (C=O) groups is 3. The number of carbonyl (C=O) groups excluding carboxylic acids is 3. The van der Waals surface area contributed by atoms with E-state index in [1.165, 1.54) is 4.90 Å². The molecule has 26 heavy (non-hydrogen) atoms. The molecule has 3 N–H and O–H groups in total. The van der Waals surface area contributed by atoms with Crippen LogP contribution in [0.25, 0.3) is 0 Å². The van der Waals surface area contributed by atoms with Crippen molar-refractivity contribution in [3.05, 3.63) is 35.4 Å². The van der Waals surface area contributed by atoms with Crippen molar-refractivity contribution in [2.45, 2.75) is 13.5 Å². The molecular weight excluding hydrogens is 338 g/mol. The molecule has 1 aromatic rings. The highest BCUT2D eigenvalue weighted by Gasteiger charge is 2.15. The van der Waals surface area contributed by atoms with Gasteiger partial charge in [-0.3, -0.25) is 9.59 Å². The van der Waals surface area contributed by atoms with Crippen molar-refractivity contribution in [3.8, 4) is 0 Å². The maximum absolute atomic E-state index is 12.0. The smallest absolute Gasteiger partial charge is 0.338 e. The molecule has 0 aromatic heterocycles. The lowest BCUT2D eigenvalue weighted by Crippen LogP contribution is -3.12. The second-order valence-electron chi connectivity index (χ2n) is 6.04. The number of benzene rings is 1. The van der Waals surface area contributed by atoms with E-state index >= 15 is 0 Å². The Balaban J connectivity index is 1.73. The standard InChI is InChI=1S/C18H25N3O5/c1-2-19-16(22)11-20-17(23)13-26-18(24)15-5-3-14(4-6-15)12-21-7-9-25-10-8-21/h3-6H,2,7-13H2,1H3,(H,19,22)(H,20,23)/p+1. The van der Waals surface area contributed by atoms with Crippen molar-refractivity contribution < 1.29 is 28.8 Å². The van der Waals surface area contributed by atoms with Crippen LogP contribution in [0.4, 0.5) is 0 Å². The van der Waals surface area contributed by atoms with Gasteiger partial charge < -0.3 is 25.0 Å². The molecule has 0 bridgehead atoms. The zero-order chi connectivity index (χ0) is 18.8. The van der Waals surface area contributed by atoms with Crippen LogP contribution in [0.15, 0.2) is 24.3 Å². The van der Waals surface area contributed by atoms with Gasteiger partial charge in [0, 0.05) is 12.1 Å². The number of amides is 2. The summed E-state index contributed by atoms with van der Waals surface area (Å²) in [5, 5.41) is 4.94. The van der Waals surface area contributed by atoms with E-state index in [0.717, 1.165) is 38.4 Å². The maximum Gasteiger partial charge on any atom is 0.338 e. The van der Waals surface area contributed by atoms with Gasteiger partial charge in [-0.1, -0.05) is 12.1 Å². The Labute approximate surface area is 152 Å². The van der Waals surface area contributed by atoms with E-state index in [9.17, 15) is 14.4 Å². The van der Waals surface area contributed by atoms with Crippen molar-refractivity contribution in [2.24, 2.45) is 0 Å². The van der Waals surface area contributed by atoms with Gasteiger partial charge in [-0.15, -0.1) is 0 Å². The maximum atomic E-state index is 12.0. The van der Waals surface area contributed by atoms with Crippen LogP contribution in [-0.4, -0.2) is 63.8 Å². The molecule has 2 amide bonds. The molecule has 1 aromatic carbocycles. The fraction of sp³-hybridized carbons (Fsp3) is 0.500. The minimum atomic E-state index is -0.566. The van der Waals surface area contributed by atoms with Crippen molar-refractivity contribution in [1.29, 1.82) is 0 Å². The molecule has 0 unspecified atom stereocenters. The van der Waals surface area contributed by atoms with Crippen molar-refractivity contribution in [3.63, 3.8) is 0 Å². The number of quaternary nitrogens is 1. The number of hydrogen-bond acceptors (Lipinski definition) is 5. The van der Waals surface area contributed by atoms with E-state index in [4.69, 9.17) is 9.47 Å². The second-order valence-corrected chi connectivity index (χ2v) is 6.04. The number of hydrogen-bond donors (Lipinski definition) is 3. The fourth-order valence-electron chi connectivity index (χ4n) is 2.59. The Kier molecular flexibility index (Phi) is 8.04. The SMILES string of the molecule is CCNC(=O)CNC(=O)COC(=O)c1ccc(C[NH+]2CCOCC2)cc1. The summed E-state index contributed by atoms with van der Waals surface area (Å²) < 4.78 is 10.3. The highest BCUT2D eigenvalue weighted by molar-refractivity contribution is 5.92. The summed E-state index contributed by atoms with van der Waals surface area (Å²) in [6, 6.07) is 7.19. The third kappa shape index (κ3) is 6.81. The van der Waals surface area contributed by atoms with E-state index in [2.05, 4.69) is 10.6 Å². The Bertz CT molecular complexity index is 612. The van der Waals surface area contributed by atoms with Crippen molar-refractivity contribution in [2.75, 3.05) is 46.0 Å². The van der Waals surface area contributed by atoms with Crippen LogP contribution in [0, 0.1) is 0 Å². The average Bonchev–Trinajstić information content (AvgIpc) is 2.66. The third-order valence-corrected chi connectivity index (χ3v) is 4.00. The number of morpholine rings is 1. The van der Waals surface area contributed by atoms with Gasteiger partial charge in [0.2, 0.25) is 5.91 Å². The zero-order valence-corrected chi connectivity index (χ0v) is 15.0. The number of nitrogens with one attached hydrogen (secondary N) is 3. The second kappa shape index (κ2) is 10.5. The van der Waals surface area contributed by atoms with Crippen LogP contribution in [0.1, 0.15) is 22.8 Å². The summed E-state index contributed by atoms with van der Waals surface area (Å²) in [5.41, 5.74) is 1.53. The Morgan fingerprint density at radius 3 is 2.42 bits per heavy atom. The van der Waals surface area contributed by atoms with E-state index in [-0.39, 0.29) is 12.5 Å². The minimum Gasteiger partial charge on any atom is -0.452 e. The topological polar surface area (TPSA) is 98.2 Å². The molecule has 2 rings (SSSR count). The van der Waals surface area contributed by atoms with Gasteiger partial charge in [-0.2, -0.15) is 0 Å². The lowest BCUT2D eigenvalue weighted by molar-refractivity contribution is -0.921. The Hall–Kier alpha value is -2.45. The first-order valence-corrected chi connectivity index (χ1v) is 8.79. The molecule has 0 radical (unpaired) electrons. The number of esters is 1. The predicted molar refractivity (Wildman–Crippen MR) is 93.6 cm³/mol. The van der Waals surface area contributed by atoms with Crippen LogP contribution in [0.2, 0.25) is 0 Å². The first-order chi connectivity index (χ1) is 12.6. The van der Waals surface area contributed by atoms with Crippen LogP contribution >= 0.6 is 0 Å². The molecule has 142 valence electrons. The lowest BCUT2D eigenvalue weighted by atomic mass is 10.1. The van der Waals surface area contributed by atoms with Gasteiger partial charge in [0.05, 0.1) is 25.3 Å². The van der Waals surface area contributed by atoms with E-state index < -0.39 is 18.5 Å². The van der Waals surface area contributed by atoms with Crippen LogP contribution in [0.3, 0.4) is 0 Å². The van der Waals surface area contributed by atoms with Gasteiger partial charge >= 0.3 is 5.97 Å². The summed E-state index contributed by atoms with van der Waals surface area (Å²) in [5.74, 6) is -1.37. The molecule has 8 nitrogen and oxygen atoms in total. The van der Waals surface area contributed by atoms with E-state index in [1.807, 2.05) is 12.1 Å². The Morgan fingerprint density at radius 2 is 1.77 bits per heavy atom. The van der Waals surface area contributed by atoms with Crippen molar-refractivity contribution in [1.82, 2.24) is 10.6 Å². The van der Waals surface area contributed by atoms with Gasteiger partial charge in [0.15, 0.2) is 6.61 Å². The first-order valence-electron chi connectivity index (χ1n) is 8.79. The highest BCUT2D eigenvalue weighted by Crippen LogP contribution is 2.05. The molecule has 1 heterocycles. The lowest BCUT2D eigenvalue weighted by Gasteiger charge is -2.23. The molecule has 1 aliphatic heterocycles. The first kappa shape index (κ1) is 19.9. The summed E-state index contributed by atoms with van der Waals surface area (Å²) in [4.78, 5) is 36.3. The normalized spacial score (nSPS) is 14.5. The third-order valence-electron chi connectivity index (χ3n) is 4.00. The molecule has 0 aliphatic carbocycles. The molecular formula is C18H26N3O5+. The zero-order valence-electron chi connectivity index (χ0n) is 15.0. The van der Waals surface area contributed by atoms with E-state index in [1.54, 1.807) is 19.1 Å². The van der Waals surface area contributed by atoms with Crippen LogP contribution in [-0.2, 0) is 25.6 Å². The quantitative estimate of drug-likeness (QED) is 0.488. The molecule has 1 fully saturated rings. The monoisotopic (exact) mass is 364 g/mol. The molecule has 8 heteroatoms. The average molecular weight is 364 g/mol. The molecule has 0 spiro atoms. The van der Waals surface area contributed by atoms with Crippen LogP contribution in [0.5, 0.6) is 0 Å². The Morgan fingerprint density at radius 1 is 1.08 bits per heavy atom. The van der Waals surface area contributed by atoms with Crippen molar-refractivity contribution >= 4 is 17.8 Å². The molecule has 1 saturated heterocycles. The molecule has 0 atom stereocenters. The number of ether oxygens (including phenoxy) is 2. The van der Waals surface area contributed by atoms with E-state index in [0.29, 0.717) is 12.1 Å². The number of rotatable bonds is 8. The van der Waals surface area contributed by atoms with Gasteiger partial charge in [-0.05, 0) is 19.1 Å².